The monoisotopic (exact) mass is 424 g/mol. The fourth-order valence-electron chi connectivity index (χ4n) is 4.76. The number of halogens is 1. The fourth-order valence-corrected chi connectivity index (χ4v) is 4.76. The Morgan fingerprint density at radius 1 is 1.29 bits per heavy atom. The summed E-state index contributed by atoms with van der Waals surface area (Å²) in [6.07, 6.45) is 8.08. The SMILES string of the molecule is Cc1ncc(F)cc1C1CCCN1c1ccn2ncc(C(=O)N[C@H]3CC[C@H](O)C3)c2n1. The number of aryl methyl sites for hydroxylation is 1. The molecule has 5 rings (SSSR count). The molecule has 3 aromatic rings. The van der Waals surface area contributed by atoms with Crippen molar-refractivity contribution in [3.8, 4) is 0 Å². The molecule has 1 saturated heterocycles. The summed E-state index contributed by atoms with van der Waals surface area (Å²) in [4.78, 5) is 23.9. The number of hydrogen-bond acceptors (Lipinski definition) is 6. The molecule has 0 radical (unpaired) electrons. The molecule has 1 aliphatic carbocycles. The van der Waals surface area contributed by atoms with Crippen molar-refractivity contribution in [3.63, 3.8) is 0 Å². The van der Waals surface area contributed by atoms with Crippen LogP contribution in [0.3, 0.4) is 0 Å². The Morgan fingerprint density at radius 2 is 2.16 bits per heavy atom. The first-order valence-corrected chi connectivity index (χ1v) is 10.7. The number of nitrogens with one attached hydrogen (secondary N) is 1. The van der Waals surface area contributed by atoms with Crippen LogP contribution in [0, 0.1) is 12.7 Å². The number of anilines is 1. The molecule has 1 amide bonds. The number of carbonyl (C=O) groups excluding carboxylic acids is 1. The van der Waals surface area contributed by atoms with E-state index in [0.29, 0.717) is 24.1 Å². The number of rotatable bonds is 4. The van der Waals surface area contributed by atoms with Gasteiger partial charge in [0.25, 0.3) is 5.91 Å². The number of pyridine rings is 1. The predicted molar refractivity (Wildman–Crippen MR) is 112 cm³/mol. The molecule has 0 bridgehead atoms. The van der Waals surface area contributed by atoms with Crippen molar-refractivity contribution in [2.75, 3.05) is 11.4 Å². The minimum Gasteiger partial charge on any atom is -0.393 e. The Hall–Kier alpha value is -3.07. The van der Waals surface area contributed by atoms with Crippen molar-refractivity contribution in [2.45, 2.75) is 57.2 Å². The van der Waals surface area contributed by atoms with Crippen LogP contribution < -0.4 is 10.2 Å². The first-order chi connectivity index (χ1) is 15.0. The van der Waals surface area contributed by atoms with Crippen LogP contribution in [0.5, 0.6) is 0 Å². The number of aliphatic hydroxyl groups excluding tert-OH is 1. The minimum atomic E-state index is -0.355. The lowest BCUT2D eigenvalue weighted by Crippen LogP contribution is -2.33. The molecular formula is C22H25FN6O2. The van der Waals surface area contributed by atoms with Crippen LogP contribution in [-0.2, 0) is 0 Å². The van der Waals surface area contributed by atoms with Crippen LogP contribution >= 0.6 is 0 Å². The second-order valence-electron chi connectivity index (χ2n) is 8.43. The number of aliphatic hydroxyl groups is 1. The van der Waals surface area contributed by atoms with Gasteiger partial charge in [0.2, 0.25) is 0 Å². The van der Waals surface area contributed by atoms with E-state index < -0.39 is 0 Å². The molecule has 1 saturated carbocycles. The normalized spacial score (nSPS) is 23.6. The lowest BCUT2D eigenvalue weighted by atomic mass is 10.0. The van der Waals surface area contributed by atoms with Crippen molar-refractivity contribution >= 4 is 17.4 Å². The fraction of sp³-hybridized carbons (Fsp3) is 0.455. The van der Waals surface area contributed by atoms with Crippen molar-refractivity contribution in [1.82, 2.24) is 24.9 Å². The van der Waals surface area contributed by atoms with E-state index in [4.69, 9.17) is 4.98 Å². The zero-order valence-corrected chi connectivity index (χ0v) is 17.3. The van der Waals surface area contributed by atoms with Crippen molar-refractivity contribution in [3.05, 3.63) is 53.4 Å². The molecule has 0 spiro atoms. The third kappa shape index (κ3) is 3.74. The molecule has 2 N–H and O–H groups in total. The summed E-state index contributed by atoms with van der Waals surface area (Å²) in [6, 6.07) is 3.37. The van der Waals surface area contributed by atoms with Crippen LogP contribution in [0.4, 0.5) is 10.2 Å². The number of fused-ring (bicyclic) bond motifs is 1. The topological polar surface area (TPSA) is 95.7 Å². The van der Waals surface area contributed by atoms with Crippen molar-refractivity contribution < 1.29 is 14.3 Å². The number of nitrogens with zero attached hydrogens (tertiary/aromatic N) is 5. The highest BCUT2D eigenvalue weighted by Gasteiger charge is 2.30. The Balaban J connectivity index is 1.44. The smallest absolute Gasteiger partial charge is 0.256 e. The van der Waals surface area contributed by atoms with Gasteiger partial charge >= 0.3 is 0 Å². The molecule has 0 aromatic carbocycles. The van der Waals surface area contributed by atoms with Gasteiger partial charge in [-0.1, -0.05) is 0 Å². The number of hydrogen-bond donors (Lipinski definition) is 2. The molecule has 9 heteroatoms. The lowest BCUT2D eigenvalue weighted by molar-refractivity contribution is 0.0935. The third-order valence-electron chi connectivity index (χ3n) is 6.34. The maximum absolute atomic E-state index is 13.9. The zero-order valence-electron chi connectivity index (χ0n) is 17.3. The predicted octanol–water partition coefficient (Wildman–Crippen LogP) is 2.56. The molecule has 1 aliphatic heterocycles. The van der Waals surface area contributed by atoms with Crippen molar-refractivity contribution in [2.24, 2.45) is 0 Å². The highest BCUT2D eigenvalue weighted by molar-refractivity contribution is 6.00. The first-order valence-electron chi connectivity index (χ1n) is 10.7. The van der Waals surface area contributed by atoms with Crippen LogP contribution in [-0.4, -0.2) is 49.3 Å². The van der Waals surface area contributed by atoms with E-state index in [-0.39, 0.29) is 29.9 Å². The van der Waals surface area contributed by atoms with E-state index in [1.165, 1.54) is 12.4 Å². The summed E-state index contributed by atoms with van der Waals surface area (Å²) in [5, 5.41) is 17.0. The molecule has 31 heavy (non-hydrogen) atoms. The highest BCUT2D eigenvalue weighted by Crippen LogP contribution is 2.36. The maximum atomic E-state index is 13.9. The largest absolute Gasteiger partial charge is 0.393 e. The van der Waals surface area contributed by atoms with E-state index in [1.54, 1.807) is 16.8 Å². The van der Waals surface area contributed by atoms with Gasteiger partial charge in [0.1, 0.15) is 17.2 Å². The summed E-state index contributed by atoms with van der Waals surface area (Å²) in [6.45, 7) is 2.68. The molecule has 3 aromatic heterocycles. The molecular weight excluding hydrogens is 399 g/mol. The van der Waals surface area contributed by atoms with Gasteiger partial charge in [-0.05, 0) is 56.7 Å². The number of amides is 1. The Morgan fingerprint density at radius 3 is 2.97 bits per heavy atom. The number of aromatic nitrogens is 4. The van der Waals surface area contributed by atoms with Crippen LogP contribution in [0.2, 0.25) is 0 Å². The second-order valence-corrected chi connectivity index (χ2v) is 8.43. The summed E-state index contributed by atoms with van der Waals surface area (Å²) in [5.41, 5.74) is 2.56. The zero-order chi connectivity index (χ0) is 21.5. The molecule has 162 valence electrons. The van der Waals surface area contributed by atoms with E-state index in [2.05, 4.69) is 20.3 Å². The molecule has 3 atom stereocenters. The van der Waals surface area contributed by atoms with Gasteiger partial charge in [-0.3, -0.25) is 9.78 Å². The van der Waals surface area contributed by atoms with E-state index in [1.807, 2.05) is 13.0 Å². The summed E-state index contributed by atoms with van der Waals surface area (Å²) in [7, 11) is 0. The summed E-state index contributed by atoms with van der Waals surface area (Å²) < 4.78 is 15.4. The average Bonchev–Trinajstić information content (AvgIpc) is 3.48. The lowest BCUT2D eigenvalue weighted by Gasteiger charge is -2.27. The minimum absolute atomic E-state index is 0.0154. The van der Waals surface area contributed by atoms with E-state index in [9.17, 15) is 14.3 Å². The Bertz CT molecular complexity index is 1130. The Kier molecular flexibility index (Phi) is 5.05. The van der Waals surface area contributed by atoms with Gasteiger partial charge in [0.15, 0.2) is 5.65 Å². The third-order valence-corrected chi connectivity index (χ3v) is 6.34. The van der Waals surface area contributed by atoms with Gasteiger partial charge in [-0.2, -0.15) is 5.10 Å². The second kappa shape index (κ2) is 7.88. The molecule has 4 heterocycles. The summed E-state index contributed by atoms with van der Waals surface area (Å²) >= 11 is 0. The van der Waals surface area contributed by atoms with Crippen LogP contribution in [0.1, 0.15) is 59.8 Å². The van der Waals surface area contributed by atoms with Gasteiger partial charge in [-0.15, -0.1) is 0 Å². The molecule has 2 fully saturated rings. The van der Waals surface area contributed by atoms with Crippen LogP contribution in [0.15, 0.2) is 30.7 Å². The van der Waals surface area contributed by atoms with E-state index in [0.717, 1.165) is 42.9 Å². The van der Waals surface area contributed by atoms with Crippen LogP contribution in [0.25, 0.3) is 5.65 Å². The average molecular weight is 424 g/mol. The Labute approximate surface area is 179 Å². The van der Waals surface area contributed by atoms with Gasteiger partial charge in [0.05, 0.1) is 24.5 Å². The summed E-state index contributed by atoms with van der Waals surface area (Å²) in [5.74, 6) is 0.147. The highest BCUT2D eigenvalue weighted by atomic mass is 19.1. The van der Waals surface area contributed by atoms with Crippen molar-refractivity contribution in [1.29, 1.82) is 0 Å². The van der Waals surface area contributed by atoms with Gasteiger partial charge < -0.3 is 15.3 Å². The first kappa shape index (κ1) is 19.9. The maximum Gasteiger partial charge on any atom is 0.256 e. The van der Waals surface area contributed by atoms with Gasteiger partial charge in [-0.25, -0.2) is 13.9 Å². The van der Waals surface area contributed by atoms with E-state index >= 15 is 0 Å². The molecule has 2 aliphatic rings. The molecule has 1 unspecified atom stereocenters. The van der Waals surface area contributed by atoms with Gasteiger partial charge in [0, 0.05) is 24.5 Å². The number of carbonyl (C=O) groups is 1. The standard InChI is InChI=1S/C22H25FN6O2/c1-13-17(9-14(23)11-24-13)19-3-2-7-28(19)20-6-8-29-21(27-20)18(12-25-29)22(31)26-15-4-5-16(30)10-15/h6,8-9,11-12,15-16,19,30H,2-5,7,10H2,1H3,(H,26,31)/t15-,16-,19?/m0/s1. The molecule has 8 nitrogen and oxygen atoms in total. The quantitative estimate of drug-likeness (QED) is 0.668.